The van der Waals surface area contributed by atoms with Gasteiger partial charge in [-0.1, -0.05) is 17.7 Å². The van der Waals surface area contributed by atoms with E-state index in [-0.39, 0.29) is 5.75 Å². The van der Waals surface area contributed by atoms with Crippen molar-refractivity contribution >= 4 is 11.6 Å². The van der Waals surface area contributed by atoms with Crippen LogP contribution >= 0.6 is 11.6 Å². The maximum Gasteiger partial charge on any atom is 0.133 e. The SMILES string of the molecule is NCCc1c(Cl)cccc1Oc1cc(F)cc(F)c1. The van der Waals surface area contributed by atoms with Crippen LogP contribution in [0.1, 0.15) is 5.56 Å². The van der Waals surface area contributed by atoms with Crippen LogP contribution in [-0.2, 0) is 6.42 Å². The zero-order valence-corrected chi connectivity index (χ0v) is 10.8. The van der Waals surface area contributed by atoms with Crippen molar-refractivity contribution in [2.75, 3.05) is 6.54 Å². The fourth-order valence-electron chi connectivity index (χ4n) is 1.74. The summed E-state index contributed by atoms with van der Waals surface area (Å²) in [7, 11) is 0. The Bertz CT molecular complexity index is 569. The van der Waals surface area contributed by atoms with Crippen molar-refractivity contribution in [1.29, 1.82) is 0 Å². The molecule has 0 radical (unpaired) electrons. The summed E-state index contributed by atoms with van der Waals surface area (Å²) >= 11 is 6.05. The van der Waals surface area contributed by atoms with Gasteiger partial charge in [0.25, 0.3) is 0 Å². The van der Waals surface area contributed by atoms with Gasteiger partial charge < -0.3 is 10.5 Å². The average molecular weight is 284 g/mol. The molecule has 0 aliphatic heterocycles. The van der Waals surface area contributed by atoms with E-state index in [0.717, 1.165) is 23.8 Å². The number of nitrogens with two attached hydrogens (primary N) is 1. The lowest BCUT2D eigenvalue weighted by Gasteiger charge is -2.12. The van der Waals surface area contributed by atoms with Crippen LogP contribution in [0.3, 0.4) is 0 Å². The lowest BCUT2D eigenvalue weighted by Crippen LogP contribution is -2.04. The molecule has 0 aromatic heterocycles. The van der Waals surface area contributed by atoms with E-state index in [1.807, 2.05) is 0 Å². The third-order valence-corrected chi connectivity index (χ3v) is 2.89. The van der Waals surface area contributed by atoms with Gasteiger partial charge >= 0.3 is 0 Å². The molecule has 0 atom stereocenters. The highest BCUT2D eigenvalue weighted by Gasteiger charge is 2.10. The molecule has 0 amide bonds. The number of rotatable bonds is 4. The Labute approximate surface area is 114 Å². The molecule has 2 N–H and O–H groups in total. The molecule has 0 aliphatic rings. The summed E-state index contributed by atoms with van der Waals surface area (Å²) in [4.78, 5) is 0. The number of ether oxygens (including phenoxy) is 1. The van der Waals surface area contributed by atoms with E-state index in [0.29, 0.717) is 23.7 Å². The van der Waals surface area contributed by atoms with Crippen LogP contribution in [0.5, 0.6) is 11.5 Å². The van der Waals surface area contributed by atoms with Crippen LogP contribution in [0.25, 0.3) is 0 Å². The van der Waals surface area contributed by atoms with Crippen molar-refractivity contribution in [2.24, 2.45) is 5.73 Å². The molecule has 0 bridgehead atoms. The predicted octanol–water partition coefficient (Wildman–Crippen LogP) is 3.91. The van der Waals surface area contributed by atoms with Gasteiger partial charge in [-0.25, -0.2) is 8.78 Å². The molecule has 2 nitrogen and oxygen atoms in total. The Balaban J connectivity index is 2.34. The number of benzene rings is 2. The van der Waals surface area contributed by atoms with Crippen LogP contribution in [0.15, 0.2) is 36.4 Å². The highest BCUT2D eigenvalue weighted by molar-refractivity contribution is 6.31. The smallest absolute Gasteiger partial charge is 0.133 e. The van der Waals surface area contributed by atoms with Gasteiger partial charge in [-0.05, 0) is 25.1 Å². The quantitative estimate of drug-likeness (QED) is 0.923. The summed E-state index contributed by atoms with van der Waals surface area (Å²) < 4.78 is 31.7. The van der Waals surface area contributed by atoms with Crippen LogP contribution in [0.4, 0.5) is 8.78 Å². The van der Waals surface area contributed by atoms with E-state index in [2.05, 4.69) is 0 Å². The minimum absolute atomic E-state index is 0.0815. The van der Waals surface area contributed by atoms with E-state index >= 15 is 0 Å². The molecule has 0 heterocycles. The topological polar surface area (TPSA) is 35.2 Å². The van der Waals surface area contributed by atoms with Crippen molar-refractivity contribution in [3.63, 3.8) is 0 Å². The second-order valence-corrected chi connectivity index (χ2v) is 4.37. The summed E-state index contributed by atoms with van der Waals surface area (Å²) in [6.07, 6.45) is 0.521. The van der Waals surface area contributed by atoms with Crippen LogP contribution < -0.4 is 10.5 Å². The zero-order chi connectivity index (χ0) is 13.8. The maximum absolute atomic E-state index is 13.1. The van der Waals surface area contributed by atoms with Gasteiger partial charge in [-0.2, -0.15) is 0 Å². The molecule has 0 spiro atoms. The largest absolute Gasteiger partial charge is 0.457 e. The van der Waals surface area contributed by atoms with Crippen molar-refractivity contribution in [2.45, 2.75) is 6.42 Å². The molecule has 2 aromatic carbocycles. The first kappa shape index (κ1) is 13.8. The van der Waals surface area contributed by atoms with E-state index in [9.17, 15) is 8.78 Å². The van der Waals surface area contributed by atoms with E-state index in [1.54, 1.807) is 18.2 Å². The van der Waals surface area contributed by atoms with Crippen LogP contribution in [0.2, 0.25) is 5.02 Å². The summed E-state index contributed by atoms with van der Waals surface area (Å²) in [6, 6.07) is 8.09. The molecule has 19 heavy (non-hydrogen) atoms. The van der Waals surface area contributed by atoms with Crippen LogP contribution in [-0.4, -0.2) is 6.54 Å². The summed E-state index contributed by atoms with van der Waals surface area (Å²) in [6.45, 7) is 0.400. The Hall–Kier alpha value is -1.65. The van der Waals surface area contributed by atoms with Crippen molar-refractivity contribution in [3.05, 3.63) is 58.6 Å². The van der Waals surface area contributed by atoms with E-state index < -0.39 is 11.6 Å². The highest BCUT2D eigenvalue weighted by Crippen LogP contribution is 2.31. The molecule has 2 aromatic rings. The first-order chi connectivity index (χ1) is 9.10. The minimum Gasteiger partial charge on any atom is -0.457 e. The number of halogens is 3. The Kier molecular flexibility index (Phi) is 4.35. The summed E-state index contributed by atoms with van der Waals surface area (Å²) in [5, 5.41) is 0.514. The molecule has 0 saturated heterocycles. The average Bonchev–Trinajstić information content (AvgIpc) is 2.32. The molecule has 2 rings (SSSR count). The molecule has 0 saturated carbocycles. The molecule has 100 valence electrons. The fourth-order valence-corrected chi connectivity index (χ4v) is 2.00. The van der Waals surface area contributed by atoms with E-state index in [1.165, 1.54) is 0 Å². The first-order valence-corrected chi connectivity index (χ1v) is 6.09. The van der Waals surface area contributed by atoms with Gasteiger partial charge in [-0.15, -0.1) is 0 Å². The van der Waals surface area contributed by atoms with Crippen molar-refractivity contribution < 1.29 is 13.5 Å². The lowest BCUT2D eigenvalue weighted by atomic mass is 10.1. The van der Waals surface area contributed by atoms with Gasteiger partial charge in [0.2, 0.25) is 0 Å². The van der Waals surface area contributed by atoms with Crippen molar-refractivity contribution in [3.8, 4) is 11.5 Å². The summed E-state index contributed by atoms with van der Waals surface area (Å²) in [5.41, 5.74) is 6.22. The highest BCUT2D eigenvalue weighted by atomic mass is 35.5. The second kappa shape index (κ2) is 5.99. The standard InChI is InChI=1S/C14H12ClF2NO/c15-13-2-1-3-14(12(13)4-5-18)19-11-7-9(16)6-10(17)8-11/h1-3,6-8H,4-5,18H2. The number of hydrogen-bond acceptors (Lipinski definition) is 2. The monoisotopic (exact) mass is 283 g/mol. The molecule has 0 unspecified atom stereocenters. The van der Waals surface area contributed by atoms with Gasteiger partial charge in [0.05, 0.1) is 0 Å². The number of hydrogen-bond donors (Lipinski definition) is 1. The summed E-state index contributed by atoms with van der Waals surface area (Å²) in [5.74, 6) is -0.865. The van der Waals surface area contributed by atoms with Gasteiger partial charge in [0.15, 0.2) is 0 Å². The Morgan fingerprint density at radius 1 is 1.11 bits per heavy atom. The van der Waals surface area contributed by atoms with E-state index in [4.69, 9.17) is 22.1 Å². The Morgan fingerprint density at radius 3 is 2.42 bits per heavy atom. The van der Waals surface area contributed by atoms with Gasteiger partial charge in [0, 0.05) is 28.8 Å². The van der Waals surface area contributed by atoms with Crippen molar-refractivity contribution in [1.82, 2.24) is 0 Å². The minimum atomic E-state index is -0.697. The zero-order valence-electron chi connectivity index (χ0n) is 10.00. The molecular weight excluding hydrogens is 272 g/mol. The molecule has 0 aliphatic carbocycles. The van der Waals surface area contributed by atoms with Crippen LogP contribution in [0, 0.1) is 11.6 Å². The first-order valence-electron chi connectivity index (χ1n) is 5.71. The fraction of sp³-hybridized carbons (Fsp3) is 0.143. The molecule has 5 heteroatoms. The lowest BCUT2D eigenvalue weighted by molar-refractivity contribution is 0.463. The Morgan fingerprint density at radius 2 is 1.79 bits per heavy atom. The third kappa shape index (κ3) is 3.43. The molecule has 0 fully saturated rings. The second-order valence-electron chi connectivity index (χ2n) is 3.96. The molecular formula is C14H12ClF2NO. The normalized spacial score (nSPS) is 10.5. The van der Waals surface area contributed by atoms with Gasteiger partial charge in [0.1, 0.15) is 23.1 Å². The van der Waals surface area contributed by atoms with Gasteiger partial charge in [-0.3, -0.25) is 0 Å². The third-order valence-electron chi connectivity index (χ3n) is 2.53. The maximum atomic E-state index is 13.1. The predicted molar refractivity (Wildman–Crippen MR) is 70.6 cm³/mol.